The van der Waals surface area contributed by atoms with Crippen molar-refractivity contribution in [3.05, 3.63) is 33.9 Å². The summed E-state index contributed by atoms with van der Waals surface area (Å²) in [4.78, 5) is 22.9. The van der Waals surface area contributed by atoms with Crippen molar-refractivity contribution in [2.75, 3.05) is 5.32 Å². The number of nitrogens with zero attached hydrogens (tertiary/aromatic N) is 1. The van der Waals surface area contributed by atoms with Gasteiger partial charge in [0.15, 0.2) is 0 Å². The lowest BCUT2D eigenvalue weighted by atomic mass is 9.79. The van der Waals surface area contributed by atoms with Gasteiger partial charge < -0.3 is 5.32 Å². The van der Waals surface area contributed by atoms with E-state index < -0.39 is 4.92 Å². The van der Waals surface area contributed by atoms with Crippen molar-refractivity contribution < 1.29 is 9.72 Å². The zero-order valence-electron chi connectivity index (χ0n) is 14.0. The summed E-state index contributed by atoms with van der Waals surface area (Å²) in [6.45, 7) is 3.90. The fraction of sp³-hybridized carbons (Fsp3) is 0.611. The van der Waals surface area contributed by atoms with Crippen LogP contribution >= 0.6 is 0 Å². The highest BCUT2D eigenvalue weighted by Gasteiger charge is 2.26. The van der Waals surface area contributed by atoms with E-state index in [0.29, 0.717) is 11.3 Å². The molecule has 126 valence electrons. The highest BCUT2D eigenvalue weighted by atomic mass is 16.6. The predicted molar refractivity (Wildman–Crippen MR) is 91.4 cm³/mol. The van der Waals surface area contributed by atoms with Gasteiger partial charge in [0.2, 0.25) is 5.91 Å². The molecule has 1 saturated carbocycles. The SMILES string of the molecule is CCCCC1CCC(C(=O)Nc2ccc(C)c([N+](=O)[O-])c2)CC1. The minimum Gasteiger partial charge on any atom is -0.326 e. The van der Waals surface area contributed by atoms with Gasteiger partial charge in [-0.25, -0.2) is 0 Å². The van der Waals surface area contributed by atoms with Crippen molar-refractivity contribution in [3.63, 3.8) is 0 Å². The lowest BCUT2D eigenvalue weighted by Gasteiger charge is -2.27. The Labute approximate surface area is 137 Å². The van der Waals surface area contributed by atoms with Gasteiger partial charge in [0.05, 0.1) is 4.92 Å². The fourth-order valence-corrected chi connectivity index (χ4v) is 3.33. The Hall–Kier alpha value is -1.91. The molecule has 0 saturated heterocycles. The highest BCUT2D eigenvalue weighted by molar-refractivity contribution is 5.93. The van der Waals surface area contributed by atoms with Crippen molar-refractivity contribution in [2.24, 2.45) is 11.8 Å². The molecule has 1 aliphatic carbocycles. The standard InChI is InChI=1S/C18H26N2O3/c1-3-4-5-14-7-9-15(10-8-14)18(21)19-16-11-6-13(2)17(12-16)20(22)23/h6,11-12,14-15H,3-5,7-10H2,1-2H3,(H,19,21). The summed E-state index contributed by atoms with van der Waals surface area (Å²) >= 11 is 0. The van der Waals surface area contributed by atoms with Crippen LogP contribution in [0.2, 0.25) is 0 Å². The van der Waals surface area contributed by atoms with E-state index in [1.165, 1.54) is 25.3 Å². The summed E-state index contributed by atoms with van der Waals surface area (Å²) in [5, 5.41) is 13.8. The average molecular weight is 318 g/mol. The number of carbonyl (C=O) groups excluding carboxylic acids is 1. The number of benzene rings is 1. The number of rotatable bonds is 6. The zero-order valence-corrected chi connectivity index (χ0v) is 14.0. The van der Waals surface area contributed by atoms with Gasteiger partial charge in [-0.05, 0) is 44.6 Å². The summed E-state index contributed by atoms with van der Waals surface area (Å²) in [6.07, 6.45) is 7.86. The van der Waals surface area contributed by atoms with Gasteiger partial charge in [0, 0.05) is 23.2 Å². The first kappa shape index (κ1) is 17.4. The molecule has 1 amide bonds. The average Bonchev–Trinajstić information content (AvgIpc) is 2.54. The Bertz CT molecular complexity index is 563. The second kappa shape index (κ2) is 8.09. The number of hydrogen-bond donors (Lipinski definition) is 1. The van der Waals surface area contributed by atoms with Gasteiger partial charge >= 0.3 is 0 Å². The van der Waals surface area contributed by atoms with Gasteiger partial charge in [0.25, 0.3) is 5.69 Å². The molecule has 0 bridgehead atoms. The maximum atomic E-state index is 12.4. The zero-order chi connectivity index (χ0) is 16.8. The third kappa shape index (κ3) is 4.78. The van der Waals surface area contributed by atoms with E-state index in [1.54, 1.807) is 19.1 Å². The van der Waals surface area contributed by atoms with Crippen LogP contribution in [0.25, 0.3) is 0 Å². The summed E-state index contributed by atoms with van der Waals surface area (Å²) in [6, 6.07) is 4.85. The van der Waals surface area contributed by atoms with Crippen molar-refractivity contribution >= 4 is 17.3 Å². The first-order valence-corrected chi connectivity index (χ1v) is 8.57. The number of nitro benzene ring substituents is 1. The van der Waals surface area contributed by atoms with E-state index in [0.717, 1.165) is 31.6 Å². The Morgan fingerprint density at radius 2 is 2.00 bits per heavy atom. The van der Waals surface area contributed by atoms with Crippen LogP contribution in [0.1, 0.15) is 57.4 Å². The Morgan fingerprint density at radius 3 is 2.61 bits per heavy atom. The monoisotopic (exact) mass is 318 g/mol. The van der Waals surface area contributed by atoms with Crippen LogP contribution in [-0.4, -0.2) is 10.8 Å². The molecule has 2 rings (SSSR count). The van der Waals surface area contributed by atoms with Crippen molar-refractivity contribution in [1.29, 1.82) is 0 Å². The summed E-state index contributed by atoms with van der Waals surface area (Å²) < 4.78 is 0. The van der Waals surface area contributed by atoms with Crippen LogP contribution in [0, 0.1) is 28.9 Å². The van der Waals surface area contributed by atoms with Crippen LogP contribution in [0.15, 0.2) is 18.2 Å². The van der Waals surface area contributed by atoms with Crippen molar-refractivity contribution in [3.8, 4) is 0 Å². The number of amides is 1. The topological polar surface area (TPSA) is 72.2 Å². The van der Waals surface area contributed by atoms with E-state index in [-0.39, 0.29) is 17.5 Å². The Morgan fingerprint density at radius 1 is 1.30 bits per heavy atom. The lowest BCUT2D eigenvalue weighted by molar-refractivity contribution is -0.385. The van der Waals surface area contributed by atoms with E-state index in [4.69, 9.17) is 0 Å². The number of hydrogen-bond acceptors (Lipinski definition) is 3. The minimum atomic E-state index is -0.413. The van der Waals surface area contributed by atoms with Crippen LogP contribution < -0.4 is 5.32 Å². The Balaban J connectivity index is 1.90. The molecule has 1 fully saturated rings. The molecule has 0 atom stereocenters. The number of nitro groups is 1. The summed E-state index contributed by atoms with van der Waals surface area (Å²) in [5.74, 6) is 0.796. The Kier molecular flexibility index (Phi) is 6.13. The minimum absolute atomic E-state index is 0.00269. The van der Waals surface area contributed by atoms with Gasteiger partial charge in [0.1, 0.15) is 0 Å². The third-order valence-corrected chi connectivity index (χ3v) is 4.86. The fourth-order valence-electron chi connectivity index (χ4n) is 3.33. The molecular weight excluding hydrogens is 292 g/mol. The molecule has 5 nitrogen and oxygen atoms in total. The highest BCUT2D eigenvalue weighted by Crippen LogP contribution is 2.33. The maximum Gasteiger partial charge on any atom is 0.274 e. The first-order chi connectivity index (χ1) is 11.0. The smallest absolute Gasteiger partial charge is 0.274 e. The van der Waals surface area contributed by atoms with E-state index in [2.05, 4.69) is 12.2 Å². The molecule has 0 aromatic heterocycles. The maximum absolute atomic E-state index is 12.4. The molecule has 1 aromatic carbocycles. The van der Waals surface area contributed by atoms with Gasteiger partial charge in [-0.2, -0.15) is 0 Å². The van der Waals surface area contributed by atoms with Gasteiger partial charge in [-0.3, -0.25) is 14.9 Å². The van der Waals surface area contributed by atoms with Crippen LogP contribution in [-0.2, 0) is 4.79 Å². The molecule has 5 heteroatoms. The third-order valence-electron chi connectivity index (χ3n) is 4.86. The number of unbranched alkanes of at least 4 members (excludes halogenated alkanes) is 1. The van der Waals surface area contributed by atoms with Crippen molar-refractivity contribution in [1.82, 2.24) is 0 Å². The second-order valence-electron chi connectivity index (χ2n) is 6.61. The quantitative estimate of drug-likeness (QED) is 0.602. The number of anilines is 1. The molecule has 1 aliphatic rings. The van der Waals surface area contributed by atoms with E-state index in [1.807, 2.05) is 0 Å². The van der Waals surface area contributed by atoms with Crippen LogP contribution in [0.4, 0.5) is 11.4 Å². The molecule has 0 spiro atoms. The molecule has 1 N–H and O–H groups in total. The molecule has 0 radical (unpaired) electrons. The number of carbonyl (C=O) groups is 1. The van der Waals surface area contributed by atoms with Gasteiger partial charge in [-0.1, -0.05) is 32.3 Å². The summed E-state index contributed by atoms with van der Waals surface area (Å²) in [5.41, 5.74) is 1.16. The van der Waals surface area contributed by atoms with Crippen LogP contribution in [0.3, 0.4) is 0 Å². The molecule has 0 aliphatic heterocycles. The normalized spacial score (nSPS) is 21.0. The molecule has 0 unspecified atom stereocenters. The molecule has 1 aromatic rings. The molecular formula is C18H26N2O3. The molecule has 23 heavy (non-hydrogen) atoms. The van der Waals surface area contributed by atoms with Crippen molar-refractivity contribution in [2.45, 2.75) is 58.8 Å². The number of nitrogens with one attached hydrogen (secondary N) is 1. The lowest BCUT2D eigenvalue weighted by Crippen LogP contribution is -2.27. The number of aryl methyl sites for hydroxylation is 1. The predicted octanol–water partition coefficient (Wildman–Crippen LogP) is 4.84. The summed E-state index contributed by atoms with van der Waals surface area (Å²) in [7, 11) is 0. The second-order valence-corrected chi connectivity index (χ2v) is 6.61. The van der Waals surface area contributed by atoms with Gasteiger partial charge in [-0.15, -0.1) is 0 Å². The largest absolute Gasteiger partial charge is 0.326 e. The van der Waals surface area contributed by atoms with E-state index >= 15 is 0 Å². The molecule has 0 heterocycles. The van der Waals surface area contributed by atoms with Crippen LogP contribution in [0.5, 0.6) is 0 Å². The van der Waals surface area contributed by atoms with E-state index in [9.17, 15) is 14.9 Å². The first-order valence-electron chi connectivity index (χ1n) is 8.57.